The summed E-state index contributed by atoms with van der Waals surface area (Å²) in [5.41, 5.74) is 0.618. The Morgan fingerprint density at radius 1 is 1.32 bits per heavy atom. The second-order valence-corrected chi connectivity index (χ2v) is 6.30. The molecule has 0 radical (unpaired) electrons. The van der Waals surface area contributed by atoms with Crippen LogP contribution in [0, 0.1) is 0 Å². The third-order valence-corrected chi connectivity index (χ3v) is 4.12. The number of benzene rings is 1. The maximum atomic E-state index is 13.1. The van der Waals surface area contributed by atoms with Crippen LogP contribution in [0.4, 0.5) is 24.8 Å². The first kappa shape index (κ1) is 21.5. The number of thioether (sulfide) groups is 1. The highest BCUT2D eigenvalue weighted by molar-refractivity contribution is 8.13. The van der Waals surface area contributed by atoms with Gasteiger partial charge in [-0.25, -0.2) is 15.0 Å². The first-order chi connectivity index (χ1) is 13.3. The van der Waals surface area contributed by atoms with Crippen molar-refractivity contribution in [3.63, 3.8) is 0 Å². The Balaban J connectivity index is 2.37. The molecule has 1 heterocycles. The number of ether oxygens (including phenoxy) is 1. The van der Waals surface area contributed by atoms with E-state index in [0.717, 1.165) is 17.8 Å². The lowest BCUT2D eigenvalue weighted by Crippen LogP contribution is -2.07. The van der Waals surface area contributed by atoms with E-state index in [1.807, 2.05) is 13.2 Å². The maximum absolute atomic E-state index is 13.1. The van der Waals surface area contributed by atoms with Crippen molar-refractivity contribution in [1.29, 1.82) is 0 Å². The summed E-state index contributed by atoms with van der Waals surface area (Å²) in [7, 11) is 1.30. The predicted octanol–water partition coefficient (Wildman–Crippen LogP) is 5.45. The number of allylic oxidation sites excluding steroid dienone is 3. The van der Waals surface area contributed by atoms with Crippen LogP contribution in [0.1, 0.15) is 18.2 Å². The van der Waals surface area contributed by atoms with Crippen LogP contribution in [0.3, 0.4) is 0 Å². The van der Waals surface area contributed by atoms with Gasteiger partial charge in [0.15, 0.2) is 0 Å². The highest BCUT2D eigenvalue weighted by Crippen LogP contribution is 2.34. The number of nitrogens with zero attached hydrogens (tertiary/aromatic N) is 3. The smallest absolute Gasteiger partial charge is 0.416 e. The number of aliphatic imine (C=N–C) groups is 1. The van der Waals surface area contributed by atoms with Gasteiger partial charge in [0, 0.05) is 23.6 Å². The first-order valence-electron chi connectivity index (χ1n) is 8.05. The SMILES string of the molecule is C=C/C=C(\C)N=C(SC)c1ccnc(Nc2cc(OC)cc(C(F)(F)F)c2)n1. The first-order valence-corrected chi connectivity index (χ1v) is 9.28. The van der Waals surface area contributed by atoms with Crippen molar-refractivity contribution in [2.75, 3.05) is 18.7 Å². The lowest BCUT2D eigenvalue weighted by atomic mass is 10.2. The summed E-state index contributed by atoms with van der Waals surface area (Å²) < 4.78 is 44.2. The molecule has 1 aromatic carbocycles. The molecule has 0 unspecified atom stereocenters. The molecule has 2 rings (SSSR count). The molecule has 0 fully saturated rings. The number of halogens is 3. The summed E-state index contributed by atoms with van der Waals surface area (Å²) in [5.74, 6) is 0.219. The van der Waals surface area contributed by atoms with Crippen LogP contribution < -0.4 is 10.1 Å². The number of aromatic nitrogens is 2. The normalized spacial score (nSPS) is 12.6. The number of methoxy groups -OCH3 is 1. The molecule has 2 aromatic rings. The van der Waals surface area contributed by atoms with E-state index in [-0.39, 0.29) is 17.4 Å². The van der Waals surface area contributed by atoms with Gasteiger partial charge in [-0.1, -0.05) is 12.7 Å². The molecule has 0 bridgehead atoms. The summed E-state index contributed by atoms with van der Waals surface area (Å²) in [6, 6.07) is 5.01. The van der Waals surface area contributed by atoms with Gasteiger partial charge in [0.25, 0.3) is 0 Å². The Bertz CT molecular complexity index is 910. The summed E-state index contributed by atoms with van der Waals surface area (Å²) >= 11 is 1.39. The summed E-state index contributed by atoms with van der Waals surface area (Å²) in [6.07, 6.45) is 2.25. The molecule has 0 atom stereocenters. The lowest BCUT2D eigenvalue weighted by Gasteiger charge is -2.13. The topological polar surface area (TPSA) is 59.4 Å². The van der Waals surface area contributed by atoms with Crippen molar-refractivity contribution < 1.29 is 17.9 Å². The van der Waals surface area contributed by atoms with Crippen LogP contribution in [-0.4, -0.2) is 28.4 Å². The van der Waals surface area contributed by atoms with Crippen LogP contribution in [-0.2, 0) is 6.18 Å². The molecule has 0 saturated heterocycles. The van der Waals surface area contributed by atoms with Gasteiger partial charge in [-0.15, -0.1) is 11.8 Å². The summed E-state index contributed by atoms with van der Waals surface area (Å²) in [6.45, 7) is 5.45. The van der Waals surface area contributed by atoms with E-state index in [2.05, 4.69) is 26.9 Å². The van der Waals surface area contributed by atoms with Crippen molar-refractivity contribution in [2.45, 2.75) is 13.1 Å². The number of alkyl halides is 3. The van der Waals surface area contributed by atoms with Gasteiger partial charge in [-0.2, -0.15) is 13.2 Å². The molecule has 0 aliphatic heterocycles. The van der Waals surface area contributed by atoms with Gasteiger partial charge in [0.2, 0.25) is 5.95 Å². The number of hydrogen-bond acceptors (Lipinski definition) is 6. The van der Waals surface area contributed by atoms with Gasteiger partial charge >= 0.3 is 6.18 Å². The second kappa shape index (κ2) is 9.41. The molecular weight excluding hydrogens is 389 g/mol. The summed E-state index contributed by atoms with van der Waals surface area (Å²) in [5, 5.41) is 3.43. The monoisotopic (exact) mass is 408 g/mol. The molecule has 9 heteroatoms. The van der Waals surface area contributed by atoms with Crippen molar-refractivity contribution in [3.8, 4) is 5.75 Å². The quantitative estimate of drug-likeness (QED) is 0.391. The zero-order valence-corrected chi connectivity index (χ0v) is 16.4. The van der Waals surface area contributed by atoms with E-state index in [1.165, 1.54) is 31.1 Å². The third-order valence-electron chi connectivity index (χ3n) is 3.43. The van der Waals surface area contributed by atoms with Crippen LogP contribution in [0.5, 0.6) is 5.75 Å². The number of rotatable bonds is 6. The molecule has 28 heavy (non-hydrogen) atoms. The third kappa shape index (κ3) is 5.85. The zero-order chi connectivity index (χ0) is 20.7. The highest BCUT2D eigenvalue weighted by atomic mass is 32.2. The second-order valence-electron chi connectivity index (χ2n) is 5.50. The number of anilines is 2. The van der Waals surface area contributed by atoms with Crippen molar-refractivity contribution in [3.05, 3.63) is 66.1 Å². The van der Waals surface area contributed by atoms with Crippen LogP contribution in [0.25, 0.3) is 0 Å². The van der Waals surface area contributed by atoms with Gasteiger partial charge in [-0.05, 0) is 37.5 Å². The fourth-order valence-corrected chi connectivity index (χ4v) is 2.75. The van der Waals surface area contributed by atoms with Gasteiger partial charge in [0.05, 0.1) is 12.7 Å². The Morgan fingerprint density at radius 2 is 2.07 bits per heavy atom. The summed E-state index contributed by atoms with van der Waals surface area (Å²) in [4.78, 5) is 12.9. The van der Waals surface area contributed by atoms with E-state index in [4.69, 9.17) is 4.74 Å². The molecule has 0 amide bonds. The molecule has 148 valence electrons. The van der Waals surface area contributed by atoms with E-state index in [0.29, 0.717) is 10.7 Å². The molecular formula is C19H19F3N4OS. The van der Waals surface area contributed by atoms with Crippen LogP contribution >= 0.6 is 11.8 Å². The average molecular weight is 408 g/mol. The molecule has 1 N–H and O–H groups in total. The van der Waals surface area contributed by atoms with E-state index >= 15 is 0 Å². The van der Waals surface area contributed by atoms with Gasteiger partial charge < -0.3 is 10.1 Å². The van der Waals surface area contributed by atoms with Crippen LogP contribution in [0.2, 0.25) is 0 Å². The maximum Gasteiger partial charge on any atom is 0.416 e. The van der Waals surface area contributed by atoms with E-state index in [1.54, 1.807) is 18.2 Å². The molecule has 5 nitrogen and oxygen atoms in total. The largest absolute Gasteiger partial charge is 0.497 e. The Morgan fingerprint density at radius 3 is 2.68 bits per heavy atom. The predicted molar refractivity (Wildman–Crippen MR) is 107 cm³/mol. The van der Waals surface area contributed by atoms with Gasteiger partial charge in [-0.3, -0.25) is 0 Å². The molecule has 0 aliphatic carbocycles. The minimum absolute atomic E-state index is 0.0741. The van der Waals surface area contributed by atoms with Crippen LogP contribution in [0.15, 0.2) is 59.9 Å². The Hall–Kier alpha value is -2.81. The Kier molecular flexibility index (Phi) is 7.22. The highest BCUT2D eigenvalue weighted by Gasteiger charge is 2.31. The van der Waals surface area contributed by atoms with E-state index in [9.17, 15) is 13.2 Å². The molecule has 0 aliphatic rings. The fraction of sp³-hybridized carbons (Fsp3) is 0.211. The van der Waals surface area contributed by atoms with Crippen molar-refractivity contribution >= 4 is 28.4 Å². The average Bonchev–Trinajstić information content (AvgIpc) is 2.65. The standard InChI is InChI=1S/C19H19F3N4OS/c1-5-6-12(2)24-17(28-4)16-7-8-23-18(26-16)25-14-9-13(19(20,21)22)10-15(11-14)27-3/h5-11H,1H2,2-4H3,(H,23,25,26)/b12-6+,24-17?. The van der Waals surface area contributed by atoms with Crippen molar-refractivity contribution in [1.82, 2.24) is 9.97 Å². The number of nitrogens with one attached hydrogen (secondary N) is 1. The molecule has 0 saturated carbocycles. The minimum Gasteiger partial charge on any atom is -0.497 e. The molecule has 0 spiro atoms. The number of hydrogen-bond donors (Lipinski definition) is 1. The lowest BCUT2D eigenvalue weighted by molar-refractivity contribution is -0.137. The van der Waals surface area contributed by atoms with Gasteiger partial charge in [0.1, 0.15) is 16.5 Å². The minimum atomic E-state index is -4.50. The van der Waals surface area contributed by atoms with Crippen molar-refractivity contribution in [2.24, 2.45) is 4.99 Å². The fourth-order valence-electron chi connectivity index (χ4n) is 2.20. The Labute approximate surface area is 165 Å². The van der Waals surface area contributed by atoms with E-state index < -0.39 is 11.7 Å². The zero-order valence-electron chi connectivity index (χ0n) is 15.5. The molecule has 1 aromatic heterocycles.